The van der Waals surface area contributed by atoms with Gasteiger partial charge >= 0.3 is 0 Å². The van der Waals surface area contributed by atoms with Gasteiger partial charge < -0.3 is 14.5 Å². The summed E-state index contributed by atoms with van der Waals surface area (Å²) < 4.78 is 3.91. The van der Waals surface area contributed by atoms with E-state index in [0.717, 1.165) is 6.54 Å². The number of nitrogens with zero attached hydrogens (tertiary/aromatic N) is 2. The largest absolute Gasteiger partial charge is 0.348 e. The summed E-state index contributed by atoms with van der Waals surface area (Å²) in [6.07, 6.45) is 3.88. The third kappa shape index (κ3) is 2.71. The normalized spacial score (nSPS) is 12.6. The van der Waals surface area contributed by atoms with Gasteiger partial charge in [-0.1, -0.05) is 6.07 Å². The lowest BCUT2D eigenvalue weighted by Crippen LogP contribution is -2.22. The van der Waals surface area contributed by atoms with E-state index < -0.39 is 0 Å². The summed E-state index contributed by atoms with van der Waals surface area (Å²) in [5.41, 5.74) is 1.29. The van der Waals surface area contributed by atoms with Gasteiger partial charge in [0.15, 0.2) is 0 Å². The Labute approximate surface area is 107 Å². The maximum absolute atomic E-state index is 11.6. The smallest absolute Gasteiger partial charge is 0.250 e. The minimum atomic E-state index is 0.0490. The van der Waals surface area contributed by atoms with Gasteiger partial charge in [-0.2, -0.15) is 0 Å². The molecule has 0 bridgehead atoms. The first-order valence-electron chi connectivity index (χ1n) is 6.20. The van der Waals surface area contributed by atoms with Crippen LogP contribution in [0.25, 0.3) is 0 Å². The molecule has 0 spiro atoms. The zero-order valence-corrected chi connectivity index (χ0v) is 10.8. The number of aromatic nitrogens is 2. The highest BCUT2D eigenvalue weighted by atomic mass is 16.1. The highest BCUT2D eigenvalue weighted by Crippen LogP contribution is 2.12. The summed E-state index contributed by atoms with van der Waals surface area (Å²) in [4.78, 5) is 11.6. The third-order valence-corrected chi connectivity index (χ3v) is 3.22. The molecule has 96 valence electrons. The highest BCUT2D eigenvalue weighted by Gasteiger charge is 2.07. The van der Waals surface area contributed by atoms with E-state index in [1.807, 2.05) is 25.4 Å². The van der Waals surface area contributed by atoms with E-state index in [0.29, 0.717) is 12.6 Å². The first-order valence-corrected chi connectivity index (χ1v) is 6.20. The van der Waals surface area contributed by atoms with Crippen LogP contribution in [0.1, 0.15) is 18.7 Å². The van der Waals surface area contributed by atoms with Gasteiger partial charge in [-0.05, 0) is 32.2 Å². The minimum Gasteiger partial charge on any atom is -0.348 e. The summed E-state index contributed by atoms with van der Waals surface area (Å²) in [7, 11) is 1.95. The molecule has 1 unspecified atom stereocenters. The number of hydrogen-bond acceptors (Lipinski definition) is 2. The lowest BCUT2D eigenvalue weighted by atomic mass is 10.2. The zero-order valence-electron chi connectivity index (χ0n) is 10.8. The molecule has 4 heteroatoms. The van der Waals surface area contributed by atoms with Gasteiger partial charge in [0.1, 0.15) is 0 Å². The summed E-state index contributed by atoms with van der Waals surface area (Å²) >= 11 is 0. The van der Waals surface area contributed by atoms with E-state index in [1.165, 1.54) is 5.69 Å². The van der Waals surface area contributed by atoms with Crippen LogP contribution >= 0.6 is 0 Å². The molecule has 2 aromatic rings. The van der Waals surface area contributed by atoms with Crippen LogP contribution < -0.4 is 10.9 Å². The van der Waals surface area contributed by atoms with Crippen LogP contribution in [0, 0.1) is 0 Å². The van der Waals surface area contributed by atoms with Gasteiger partial charge in [0.2, 0.25) is 0 Å². The molecule has 0 aromatic carbocycles. The summed E-state index contributed by atoms with van der Waals surface area (Å²) in [6, 6.07) is 9.70. The monoisotopic (exact) mass is 245 g/mol. The van der Waals surface area contributed by atoms with Gasteiger partial charge in [0, 0.05) is 43.3 Å². The average Bonchev–Trinajstić information content (AvgIpc) is 2.85. The fourth-order valence-electron chi connectivity index (χ4n) is 2.03. The Morgan fingerprint density at radius 1 is 1.11 bits per heavy atom. The van der Waals surface area contributed by atoms with Crippen molar-refractivity contribution in [3.63, 3.8) is 0 Å². The molecule has 18 heavy (non-hydrogen) atoms. The second-order valence-corrected chi connectivity index (χ2v) is 4.37. The summed E-state index contributed by atoms with van der Waals surface area (Å²) in [5.74, 6) is 0. The number of nitrogens with one attached hydrogen (secondary N) is 1. The molecule has 0 aliphatic rings. The molecule has 2 heterocycles. The van der Waals surface area contributed by atoms with E-state index in [-0.39, 0.29) is 5.56 Å². The molecule has 4 nitrogen and oxygen atoms in total. The molecule has 0 fully saturated rings. The molecular formula is C14H19N3O. The second kappa shape index (κ2) is 5.69. The van der Waals surface area contributed by atoms with Crippen LogP contribution in [0.15, 0.2) is 47.5 Å². The minimum absolute atomic E-state index is 0.0490. The first-order chi connectivity index (χ1) is 8.72. The van der Waals surface area contributed by atoms with Gasteiger partial charge in [0.05, 0.1) is 0 Å². The molecule has 0 amide bonds. The molecule has 0 aliphatic heterocycles. The average molecular weight is 245 g/mol. The molecule has 0 aliphatic carbocycles. The van der Waals surface area contributed by atoms with E-state index in [2.05, 4.69) is 29.1 Å². The summed E-state index contributed by atoms with van der Waals surface area (Å²) in [6.45, 7) is 3.62. The molecule has 2 aromatic heterocycles. The maximum atomic E-state index is 11.6. The summed E-state index contributed by atoms with van der Waals surface area (Å²) in [5, 5.41) is 3.23. The predicted molar refractivity (Wildman–Crippen MR) is 72.6 cm³/mol. The Morgan fingerprint density at radius 2 is 1.83 bits per heavy atom. The quantitative estimate of drug-likeness (QED) is 0.869. The van der Waals surface area contributed by atoms with Crippen LogP contribution in [0.3, 0.4) is 0 Å². The van der Waals surface area contributed by atoms with Crippen molar-refractivity contribution >= 4 is 0 Å². The third-order valence-electron chi connectivity index (χ3n) is 3.22. The van der Waals surface area contributed by atoms with Crippen LogP contribution in [-0.2, 0) is 13.1 Å². The van der Waals surface area contributed by atoms with Crippen molar-refractivity contribution in [2.75, 3.05) is 7.05 Å². The SMILES string of the molecule is CNC(C)c1cccn1CCn1ccccc1=O. The van der Waals surface area contributed by atoms with Gasteiger partial charge in [-0.25, -0.2) is 0 Å². The molecule has 1 atom stereocenters. The van der Waals surface area contributed by atoms with Crippen LogP contribution in [-0.4, -0.2) is 16.2 Å². The fourth-order valence-corrected chi connectivity index (χ4v) is 2.03. The number of rotatable bonds is 5. The number of hydrogen-bond donors (Lipinski definition) is 1. The van der Waals surface area contributed by atoms with Crippen LogP contribution in [0.2, 0.25) is 0 Å². The van der Waals surface area contributed by atoms with Crippen LogP contribution in [0.4, 0.5) is 0 Å². The predicted octanol–water partition coefficient (Wildman–Crippen LogP) is 1.63. The van der Waals surface area contributed by atoms with Gasteiger partial charge in [-0.15, -0.1) is 0 Å². The van der Waals surface area contributed by atoms with Crippen molar-refractivity contribution in [3.8, 4) is 0 Å². The molecule has 2 rings (SSSR count). The molecule has 0 radical (unpaired) electrons. The molecule has 0 saturated heterocycles. The Kier molecular flexibility index (Phi) is 3.99. The first kappa shape index (κ1) is 12.6. The maximum Gasteiger partial charge on any atom is 0.250 e. The van der Waals surface area contributed by atoms with Gasteiger partial charge in [0.25, 0.3) is 5.56 Å². The Hall–Kier alpha value is -1.81. The van der Waals surface area contributed by atoms with Gasteiger partial charge in [-0.3, -0.25) is 4.79 Å². The number of pyridine rings is 1. The number of aryl methyl sites for hydroxylation is 2. The standard InChI is InChI=1S/C14H19N3O/c1-12(15-2)13-6-5-9-16(13)10-11-17-8-4-3-7-14(17)18/h3-9,12,15H,10-11H2,1-2H3. The lowest BCUT2D eigenvalue weighted by molar-refractivity contribution is 0.519. The fraction of sp³-hybridized carbons (Fsp3) is 0.357. The molecular weight excluding hydrogens is 226 g/mol. The Morgan fingerprint density at radius 3 is 2.56 bits per heavy atom. The molecule has 1 N–H and O–H groups in total. The van der Waals surface area contributed by atoms with E-state index in [4.69, 9.17) is 0 Å². The van der Waals surface area contributed by atoms with E-state index >= 15 is 0 Å². The highest BCUT2D eigenvalue weighted by molar-refractivity contribution is 5.11. The molecule has 0 saturated carbocycles. The Bertz CT molecular complexity index is 556. The Balaban J connectivity index is 2.09. The topological polar surface area (TPSA) is 39.0 Å². The van der Waals surface area contributed by atoms with Crippen molar-refractivity contribution in [2.45, 2.75) is 26.1 Å². The van der Waals surface area contributed by atoms with Crippen molar-refractivity contribution in [2.24, 2.45) is 0 Å². The van der Waals surface area contributed by atoms with E-state index in [1.54, 1.807) is 16.7 Å². The van der Waals surface area contributed by atoms with Crippen molar-refractivity contribution < 1.29 is 0 Å². The zero-order chi connectivity index (χ0) is 13.0. The van der Waals surface area contributed by atoms with Crippen molar-refractivity contribution in [3.05, 3.63) is 58.8 Å². The van der Waals surface area contributed by atoms with Crippen molar-refractivity contribution in [1.82, 2.24) is 14.5 Å². The lowest BCUT2D eigenvalue weighted by Gasteiger charge is -2.15. The van der Waals surface area contributed by atoms with E-state index in [9.17, 15) is 4.79 Å². The second-order valence-electron chi connectivity index (χ2n) is 4.37. The van der Waals surface area contributed by atoms with Crippen molar-refractivity contribution in [1.29, 1.82) is 0 Å². The van der Waals surface area contributed by atoms with Crippen LogP contribution in [0.5, 0.6) is 0 Å².